The van der Waals surface area contributed by atoms with Gasteiger partial charge in [-0.15, -0.1) is 0 Å². The van der Waals surface area contributed by atoms with Crippen molar-refractivity contribution >= 4 is 17.1 Å². The van der Waals surface area contributed by atoms with E-state index in [0.29, 0.717) is 5.69 Å². The van der Waals surface area contributed by atoms with Crippen molar-refractivity contribution in [2.45, 2.75) is 20.3 Å². The molecule has 0 amide bonds. The van der Waals surface area contributed by atoms with E-state index in [-0.39, 0.29) is 10.6 Å². The molecule has 1 aromatic rings. The first kappa shape index (κ1) is 17.2. The molecule has 0 heterocycles. The second kappa shape index (κ2) is 8.46. The summed E-state index contributed by atoms with van der Waals surface area (Å²) >= 11 is 0. The highest BCUT2D eigenvalue weighted by Crippen LogP contribution is 2.29. The smallest absolute Gasteiger partial charge is 0.292 e. The number of nitro benzene ring substituents is 1. The lowest BCUT2D eigenvalue weighted by molar-refractivity contribution is -0.383. The molecule has 21 heavy (non-hydrogen) atoms. The summed E-state index contributed by atoms with van der Waals surface area (Å²) in [6, 6.07) is 5.28. The molecule has 1 N–H and O–H groups in total. The van der Waals surface area contributed by atoms with Crippen molar-refractivity contribution in [1.82, 2.24) is 4.90 Å². The molecule has 0 bridgehead atoms. The first-order valence-corrected chi connectivity index (χ1v) is 7.41. The maximum absolute atomic E-state index is 11.1. The third-order valence-corrected chi connectivity index (χ3v) is 3.40. The predicted octanol–water partition coefficient (Wildman–Crippen LogP) is 2.80. The van der Waals surface area contributed by atoms with Gasteiger partial charge in [-0.1, -0.05) is 0 Å². The number of nitrogens with zero attached hydrogens (tertiary/aromatic N) is 3. The maximum Gasteiger partial charge on any atom is 0.292 e. The van der Waals surface area contributed by atoms with E-state index in [1.54, 1.807) is 6.07 Å². The van der Waals surface area contributed by atoms with Crippen molar-refractivity contribution < 1.29 is 4.92 Å². The highest BCUT2D eigenvalue weighted by Gasteiger charge is 2.15. The molecule has 118 valence electrons. The van der Waals surface area contributed by atoms with Crippen LogP contribution in [0.5, 0.6) is 0 Å². The molecular formula is C15H26N4O2. The topological polar surface area (TPSA) is 61.6 Å². The summed E-state index contributed by atoms with van der Waals surface area (Å²) in [5.41, 5.74) is 1.75. The molecule has 6 nitrogen and oxygen atoms in total. The summed E-state index contributed by atoms with van der Waals surface area (Å²) in [5, 5.41) is 14.3. The number of benzene rings is 1. The summed E-state index contributed by atoms with van der Waals surface area (Å²) < 4.78 is 0. The molecule has 0 aliphatic carbocycles. The molecule has 0 aromatic heterocycles. The predicted molar refractivity (Wildman–Crippen MR) is 88.3 cm³/mol. The summed E-state index contributed by atoms with van der Waals surface area (Å²) in [5.74, 6) is 0. The standard InChI is InChI=1S/C15H26N4O2/c1-5-18(6-2)13-8-9-15(19(20)21)14(12-13)16-10-7-11-17(3)4/h8-9,12,16H,5-7,10-11H2,1-4H3. The van der Waals surface area contributed by atoms with Crippen LogP contribution in [-0.2, 0) is 0 Å². The fraction of sp³-hybridized carbons (Fsp3) is 0.600. The Morgan fingerprint density at radius 3 is 2.43 bits per heavy atom. The lowest BCUT2D eigenvalue weighted by Crippen LogP contribution is -2.22. The van der Waals surface area contributed by atoms with Crippen molar-refractivity contribution in [3.8, 4) is 0 Å². The number of nitro groups is 1. The molecule has 0 fully saturated rings. The van der Waals surface area contributed by atoms with Crippen molar-refractivity contribution in [2.75, 3.05) is 50.5 Å². The van der Waals surface area contributed by atoms with Crippen LogP contribution in [0.25, 0.3) is 0 Å². The molecule has 1 rings (SSSR count). The van der Waals surface area contributed by atoms with Crippen LogP contribution in [0.4, 0.5) is 17.1 Å². The van der Waals surface area contributed by atoms with Crippen LogP contribution in [0.1, 0.15) is 20.3 Å². The Bertz CT molecular complexity index is 459. The van der Waals surface area contributed by atoms with Gasteiger partial charge >= 0.3 is 0 Å². The first-order valence-electron chi connectivity index (χ1n) is 7.41. The summed E-state index contributed by atoms with van der Waals surface area (Å²) in [4.78, 5) is 15.1. The lowest BCUT2D eigenvalue weighted by Gasteiger charge is -2.22. The van der Waals surface area contributed by atoms with Crippen LogP contribution < -0.4 is 10.2 Å². The first-order chi connectivity index (χ1) is 9.99. The molecule has 0 unspecified atom stereocenters. The third kappa shape index (κ3) is 5.23. The van der Waals surface area contributed by atoms with Crippen molar-refractivity contribution in [2.24, 2.45) is 0 Å². The van der Waals surface area contributed by atoms with Crippen molar-refractivity contribution in [1.29, 1.82) is 0 Å². The van der Waals surface area contributed by atoms with E-state index in [1.807, 2.05) is 26.2 Å². The maximum atomic E-state index is 11.1. The number of rotatable bonds is 9. The van der Waals surface area contributed by atoms with Gasteiger partial charge in [0.1, 0.15) is 5.69 Å². The molecule has 0 aliphatic heterocycles. The van der Waals surface area contributed by atoms with Crippen LogP contribution >= 0.6 is 0 Å². The van der Waals surface area contributed by atoms with Gasteiger partial charge in [0.15, 0.2) is 0 Å². The van der Waals surface area contributed by atoms with Crippen LogP contribution in [0.3, 0.4) is 0 Å². The summed E-state index contributed by atoms with van der Waals surface area (Å²) in [6.07, 6.45) is 0.944. The average Bonchev–Trinajstić information content (AvgIpc) is 2.44. The third-order valence-electron chi connectivity index (χ3n) is 3.40. The average molecular weight is 294 g/mol. The fourth-order valence-corrected chi connectivity index (χ4v) is 2.23. The van der Waals surface area contributed by atoms with E-state index in [4.69, 9.17) is 0 Å². The monoisotopic (exact) mass is 294 g/mol. The Morgan fingerprint density at radius 1 is 1.24 bits per heavy atom. The number of nitrogens with one attached hydrogen (secondary N) is 1. The van der Waals surface area contributed by atoms with E-state index in [1.165, 1.54) is 0 Å². The van der Waals surface area contributed by atoms with E-state index >= 15 is 0 Å². The summed E-state index contributed by atoms with van der Waals surface area (Å²) in [6.45, 7) is 7.60. The molecule has 0 saturated heterocycles. The molecule has 0 aliphatic rings. The van der Waals surface area contributed by atoms with Crippen LogP contribution in [0.15, 0.2) is 18.2 Å². The second-order valence-corrected chi connectivity index (χ2v) is 5.21. The zero-order chi connectivity index (χ0) is 15.8. The lowest BCUT2D eigenvalue weighted by atomic mass is 10.2. The van der Waals surface area contributed by atoms with E-state index in [0.717, 1.165) is 38.3 Å². The molecule has 6 heteroatoms. The second-order valence-electron chi connectivity index (χ2n) is 5.21. The largest absolute Gasteiger partial charge is 0.379 e. The highest BCUT2D eigenvalue weighted by atomic mass is 16.6. The molecule has 1 aromatic carbocycles. The Morgan fingerprint density at radius 2 is 1.90 bits per heavy atom. The normalized spacial score (nSPS) is 10.7. The molecular weight excluding hydrogens is 268 g/mol. The molecule has 0 atom stereocenters. The van der Waals surface area contributed by atoms with Crippen molar-refractivity contribution in [3.63, 3.8) is 0 Å². The van der Waals surface area contributed by atoms with Crippen molar-refractivity contribution in [3.05, 3.63) is 28.3 Å². The van der Waals surface area contributed by atoms with Gasteiger partial charge in [-0.05, 0) is 53.0 Å². The zero-order valence-corrected chi connectivity index (χ0v) is 13.4. The number of anilines is 2. The Kier molecular flexibility index (Phi) is 6.94. The minimum absolute atomic E-state index is 0.135. The van der Waals surface area contributed by atoms with Gasteiger partial charge in [-0.2, -0.15) is 0 Å². The van der Waals surface area contributed by atoms with Crippen LogP contribution in [0, 0.1) is 10.1 Å². The van der Waals surface area contributed by atoms with E-state index in [9.17, 15) is 10.1 Å². The van der Waals surface area contributed by atoms with Gasteiger partial charge in [0.25, 0.3) is 5.69 Å². The molecule has 0 spiro atoms. The van der Waals surface area contributed by atoms with E-state index in [2.05, 4.69) is 29.0 Å². The van der Waals surface area contributed by atoms with Gasteiger partial charge in [-0.3, -0.25) is 10.1 Å². The molecule has 0 radical (unpaired) electrons. The van der Waals surface area contributed by atoms with Crippen LogP contribution in [-0.4, -0.2) is 50.1 Å². The molecule has 0 saturated carbocycles. The minimum atomic E-state index is -0.333. The zero-order valence-electron chi connectivity index (χ0n) is 13.4. The Balaban J connectivity index is 2.86. The number of hydrogen-bond donors (Lipinski definition) is 1. The fourth-order valence-electron chi connectivity index (χ4n) is 2.23. The Labute approximate surface area is 126 Å². The van der Waals surface area contributed by atoms with Gasteiger partial charge < -0.3 is 15.1 Å². The van der Waals surface area contributed by atoms with Gasteiger partial charge in [0.05, 0.1) is 4.92 Å². The van der Waals surface area contributed by atoms with Gasteiger partial charge in [-0.25, -0.2) is 0 Å². The Hall–Kier alpha value is -1.82. The minimum Gasteiger partial charge on any atom is -0.379 e. The summed E-state index contributed by atoms with van der Waals surface area (Å²) in [7, 11) is 4.03. The van der Waals surface area contributed by atoms with Gasteiger partial charge in [0.2, 0.25) is 0 Å². The van der Waals surface area contributed by atoms with E-state index < -0.39 is 0 Å². The SMILES string of the molecule is CCN(CC)c1ccc([N+](=O)[O-])c(NCCCN(C)C)c1. The van der Waals surface area contributed by atoms with Crippen LogP contribution in [0.2, 0.25) is 0 Å². The number of hydrogen-bond acceptors (Lipinski definition) is 5. The van der Waals surface area contributed by atoms with Gasteiger partial charge in [0, 0.05) is 31.4 Å². The highest BCUT2D eigenvalue weighted by molar-refractivity contribution is 5.69. The quantitative estimate of drug-likeness (QED) is 0.431.